The van der Waals surface area contributed by atoms with Gasteiger partial charge in [-0.25, -0.2) is 0 Å². The van der Waals surface area contributed by atoms with Crippen LogP contribution in [0, 0.1) is 12.3 Å². The van der Waals surface area contributed by atoms with Crippen LogP contribution < -0.4 is 5.32 Å². The van der Waals surface area contributed by atoms with Crippen molar-refractivity contribution in [2.24, 2.45) is 5.41 Å². The highest BCUT2D eigenvalue weighted by molar-refractivity contribution is 5.47. The van der Waals surface area contributed by atoms with E-state index in [0.717, 1.165) is 13.0 Å². The molecule has 0 radical (unpaired) electrons. The fourth-order valence-corrected chi connectivity index (χ4v) is 2.55. The molecule has 2 nitrogen and oxygen atoms in total. The zero-order chi connectivity index (χ0) is 12.5. The minimum atomic E-state index is 0.222. The molecule has 17 heavy (non-hydrogen) atoms. The number of rotatable bonds is 4. The van der Waals surface area contributed by atoms with Crippen LogP contribution in [0.25, 0.3) is 0 Å². The Kier molecular flexibility index (Phi) is 3.43. The van der Waals surface area contributed by atoms with Crippen molar-refractivity contribution in [1.82, 2.24) is 0 Å². The van der Waals surface area contributed by atoms with Gasteiger partial charge in [-0.15, -0.1) is 0 Å². The normalized spacial score (nSPS) is 26.4. The molecule has 2 heteroatoms. The molecule has 0 aromatic heterocycles. The molecule has 2 rings (SSSR count). The van der Waals surface area contributed by atoms with Gasteiger partial charge in [0.1, 0.15) is 0 Å². The van der Waals surface area contributed by atoms with Gasteiger partial charge in [0.2, 0.25) is 0 Å². The fourth-order valence-electron chi connectivity index (χ4n) is 2.55. The highest BCUT2D eigenvalue weighted by Crippen LogP contribution is 2.44. The van der Waals surface area contributed by atoms with E-state index in [-0.39, 0.29) is 5.41 Å². The molecule has 1 fully saturated rings. The SMILES string of the molecule is CCOC1CC(Nc2cccc(C)c2)C1(C)C. The summed E-state index contributed by atoms with van der Waals surface area (Å²) in [5, 5.41) is 3.62. The quantitative estimate of drug-likeness (QED) is 0.857. The van der Waals surface area contributed by atoms with Crippen LogP contribution in [0.3, 0.4) is 0 Å². The Morgan fingerprint density at radius 1 is 1.41 bits per heavy atom. The maximum Gasteiger partial charge on any atom is 0.0665 e. The number of hydrogen-bond donors (Lipinski definition) is 1. The largest absolute Gasteiger partial charge is 0.382 e. The van der Waals surface area contributed by atoms with Gasteiger partial charge in [-0.2, -0.15) is 0 Å². The van der Waals surface area contributed by atoms with Crippen LogP contribution in [0.5, 0.6) is 0 Å². The van der Waals surface area contributed by atoms with Crippen LogP contribution in [0.1, 0.15) is 32.8 Å². The molecule has 1 aliphatic carbocycles. The molecule has 1 N–H and O–H groups in total. The second-order valence-corrected chi connectivity index (χ2v) is 5.57. The summed E-state index contributed by atoms with van der Waals surface area (Å²) in [5.41, 5.74) is 2.74. The molecule has 0 saturated heterocycles. The highest BCUT2D eigenvalue weighted by atomic mass is 16.5. The van der Waals surface area contributed by atoms with Crippen molar-refractivity contribution >= 4 is 5.69 Å². The Labute approximate surface area is 104 Å². The fraction of sp³-hybridized carbons (Fsp3) is 0.600. The standard InChI is InChI=1S/C15H23NO/c1-5-17-14-10-13(15(14,3)4)16-12-8-6-7-11(2)9-12/h6-9,13-14,16H,5,10H2,1-4H3. The Balaban J connectivity index is 1.98. The molecule has 1 saturated carbocycles. The van der Waals surface area contributed by atoms with E-state index in [1.165, 1.54) is 11.3 Å². The van der Waals surface area contributed by atoms with Gasteiger partial charge in [-0.05, 0) is 38.0 Å². The van der Waals surface area contributed by atoms with Gasteiger partial charge >= 0.3 is 0 Å². The average Bonchev–Trinajstić information content (AvgIpc) is 2.28. The van der Waals surface area contributed by atoms with Gasteiger partial charge in [0.25, 0.3) is 0 Å². The molecule has 94 valence electrons. The van der Waals surface area contributed by atoms with Gasteiger partial charge in [0, 0.05) is 23.8 Å². The van der Waals surface area contributed by atoms with Gasteiger partial charge in [0.15, 0.2) is 0 Å². The molecule has 0 spiro atoms. The van der Waals surface area contributed by atoms with E-state index < -0.39 is 0 Å². The summed E-state index contributed by atoms with van der Waals surface area (Å²) >= 11 is 0. The zero-order valence-corrected chi connectivity index (χ0v) is 11.3. The van der Waals surface area contributed by atoms with Crippen molar-refractivity contribution < 1.29 is 4.74 Å². The first-order chi connectivity index (χ1) is 8.04. The Bertz CT molecular complexity index is 386. The Hall–Kier alpha value is -1.02. The number of hydrogen-bond acceptors (Lipinski definition) is 2. The predicted octanol–water partition coefficient (Wildman–Crippen LogP) is 3.61. The van der Waals surface area contributed by atoms with E-state index in [9.17, 15) is 0 Å². The summed E-state index contributed by atoms with van der Waals surface area (Å²) in [6.07, 6.45) is 1.50. The van der Waals surface area contributed by atoms with E-state index in [2.05, 4.69) is 57.3 Å². The van der Waals surface area contributed by atoms with E-state index in [4.69, 9.17) is 4.74 Å². The van der Waals surface area contributed by atoms with Gasteiger partial charge in [-0.3, -0.25) is 0 Å². The lowest BCUT2D eigenvalue weighted by atomic mass is 9.64. The van der Waals surface area contributed by atoms with Crippen molar-refractivity contribution in [3.8, 4) is 0 Å². The number of benzene rings is 1. The van der Waals surface area contributed by atoms with Crippen molar-refractivity contribution in [1.29, 1.82) is 0 Å². The number of aryl methyl sites for hydroxylation is 1. The molecule has 1 aliphatic rings. The number of ether oxygens (including phenoxy) is 1. The first-order valence-corrected chi connectivity index (χ1v) is 6.49. The van der Waals surface area contributed by atoms with E-state index in [0.29, 0.717) is 12.1 Å². The average molecular weight is 233 g/mol. The number of nitrogens with one attached hydrogen (secondary N) is 1. The van der Waals surface area contributed by atoms with E-state index >= 15 is 0 Å². The summed E-state index contributed by atoms with van der Waals surface area (Å²) in [6, 6.07) is 9.07. The van der Waals surface area contributed by atoms with Crippen LogP contribution in [0.15, 0.2) is 24.3 Å². The lowest BCUT2D eigenvalue weighted by Crippen LogP contribution is -2.58. The summed E-state index contributed by atoms with van der Waals surface area (Å²) in [5.74, 6) is 0. The maximum absolute atomic E-state index is 5.74. The van der Waals surface area contributed by atoms with Crippen molar-refractivity contribution in [2.45, 2.75) is 46.3 Å². The van der Waals surface area contributed by atoms with E-state index in [1.807, 2.05) is 0 Å². The van der Waals surface area contributed by atoms with Gasteiger partial charge in [0.05, 0.1) is 6.10 Å². The second-order valence-electron chi connectivity index (χ2n) is 5.57. The predicted molar refractivity (Wildman–Crippen MR) is 72.4 cm³/mol. The molecule has 0 heterocycles. The molecule has 2 atom stereocenters. The summed E-state index contributed by atoms with van der Waals surface area (Å²) in [6.45, 7) is 9.57. The third-order valence-electron chi connectivity index (χ3n) is 3.90. The Morgan fingerprint density at radius 2 is 2.18 bits per heavy atom. The molecule has 2 unspecified atom stereocenters. The van der Waals surface area contributed by atoms with Crippen molar-refractivity contribution in [3.05, 3.63) is 29.8 Å². The first-order valence-electron chi connectivity index (χ1n) is 6.49. The summed E-state index contributed by atoms with van der Waals surface area (Å²) in [4.78, 5) is 0. The Morgan fingerprint density at radius 3 is 2.76 bits per heavy atom. The molecular formula is C15H23NO. The van der Waals surface area contributed by atoms with Crippen LogP contribution in [0.4, 0.5) is 5.69 Å². The molecular weight excluding hydrogens is 210 g/mol. The number of anilines is 1. The minimum absolute atomic E-state index is 0.222. The second kappa shape index (κ2) is 4.69. The highest BCUT2D eigenvalue weighted by Gasteiger charge is 2.48. The lowest BCUT2D eigenvalue weighted by molar-refractivity contribution is -0.0975. The molecule has 1 aromatic carbocycles. The smallest absolute Gasteiger partial charge is 0.0665 e. The maximum atomic E-state index is 5.74. The third kappa shape index (κ3) is 2.47. The van der Waals surface area contributed by atoms with Crippen LogP contribution in [0.2, 0.25) is 0 Å². The summed E-state index contributed by atoms with van der Waals surface area (Å²) < 4.78 is 5.74. The summed E-state index contributed by atoms with van der Waals surface area (Å²) in [7, 11) is 0. The van der Waals surface area contributed by atoms with Crippen LogP contribution in [-0.4, -0.2) is 18.8 Å². The monoisotopic (exact) mass is 233 g/mol. The van der Waals surface area contributed by atoms with Gasteiger partial charge < -0.3 is 10.1 Å². The molecule has 0 amide bonds. The molecule has 0 bridgehead atoms. The lowest BCUT2D eigenvalue weighted by Gasteiger charge is -2.52. The van der Waals surface area contributed by atoms with Crippen LogP contribution >= 0.6 is 0 Å². The topological polar surface area (TPSA) is 21.3 Å². The van der Waals surface area contributed by atoms with Gasteiger partial charge in [-0.1, -0.05) is 26.0 Å². The first kappa shape index (κ1) is 12.4. The molecule has 1 aromatic rings. The third-order valence-corrected chi connectivity index (χ3v) is 3.90. The van der Waals surface area contributed by atoms with Crippen molar-refractivity contribution in [3.63, 3.8) is 0 Å². The van der Waals surface area contributed by atoms with Crippen LogP contribution in [-0.2, 0) is 4.74 Å². The van der Waals surface area contributed by atoms with E-state index in [1.54, 1.807) is 0 Å². The molecule has 0 aliphatic heterocycles. The van der Waals surface area contributed by atoms with Crippen molar-refractivity contribution in [2.75, 3.05) is 11.9 Å². The minimum Gasteiger partial charge on any atom is -0.382 e. The zero-order valence-electron chi connectivity index (χ0n) is 11.3.